The number of carbonyl (C=O) groups is 2. The van der Waals surface area contributed by atoms with Gasteiger partial charge in [0.25, 0.3) is 0 Å². The highest BCUT2D eigenvalue weighted by Gasteiger charge is 2.43. The van der Waals surface area contributed by atoms with Crippen molar-refractivity contribution in [1.82, 2.24) is 0 Å². The van der Waals surface area contributed by atoms with Crippen LogP contribution in [-0.4, -0.2) is 31.4 Å². The van der Waals surface area contributed by atoms with E-state index in [1.807, 2.05) is 27.7 Å². The molecule has 0 radical (unpaired) electrons. The molecule has 1 heterocycles. The Morgan fingerprint density at radius 2 is 1.63 bits per heavy atom. The molecule has 2 atom stereocenters. The smallest absolute Gasteiger partial charge is 0.313 e. The first-order valence-corrected chi connectivity index (χ1v) is 10.8. The Morgan fingerprint density at radius 1 is 0.963 bits per heavy atom. The summed E-state index contributed by atoms with van der Waals surface area (Å²) < 4.78 is 16.8. The molecule has 1 saturated carbocycles. The fourth-order valence-corrected chi connectivity index (χ4v) is 4.19. The first kappa shape index (κ1) is 22.2. The van der Waals surface area contributed by atoms with Crippen molar-refractivity contribution in [3.63, 3.8) is 0 Å². The van der Waals surface area contributed by atoms with Crippen LogP contribution in [-0.2, 0) is 23.8 Å². The van der Waals surface area contributed by atoms with E-state index in [9.17, 15) is 9.59 Å². The molecular formula is C22H38O5. The molecule has 0 aromatic carbocycles. The number of rotatable bonds is 8. The van der Waals surface area contributed by atoms with Gasteiger partial charge in [-0.2, -0.15) is 0 Å². The molecule has 1 aliphatic carbocycles. The van der Waals surface area contributed by atoms with E-state index in [1.165, 1.54) is 19.3 Å². The molecule has 2 aliphatic rings. The Balaban J connectivity index is 1.90. The van der Waals surface area contributed by atoms with Crippen LogP contribution >= 0.6 is 0 Å². The molecular weight excluding hydrogens is 344 g/mol. The normalized spacial score (nSPS) is 24.1. The van der Waals surface area contributed by atoms with E-state index >= 15 is 0 Å². The quantitative estimate of drug-likeness (QED) is 0.552. The maximum Gasteiger partial charge on any atom is 0.313 e. The molecule has 0 N–H and O–H groups in total. The van der Waals surface area contributed by atoms with E-state index in [2.05, 4.69) is 0 Å². The molecule has 0 aromatic rings. The second kappa shape index (κ2) is 9.90. The highest BCUT2D eigenvalue weighted by Crippen LogP contribution is 2.39. The van der Waals surface area contributed by atoms with Crippen molar-refractivity contribution in [1.29, 1.82) is 0 Å². The summed E-state index contributed by atoms with van der Waals surface area (Å²) in [4.78, 5) is 25.5. The third-order valence-electron chi connectivity index (χ3n) is 6.21. The number of hydrogen-bond acceptors (Lipinski definition) is 5. The molecule has 0 spiro atoms. The Hall–Kier alpha value is -1.10. The molecule has 2 fully saturated rings. The molecule has 0 amide bonds. The SMILES string of the molecule is CCC(C)(CC(C)(C)C(=O)OC1CCCCO1)C(=O)OCC1CCCCC1. The van der Waals surface area contributed by atoms with Crippen molar-refractivity contribution in [2.45, 2.75) is 98.2 Å². The average molecular weight is 383 g/mol. The van der Waals surface area contributed by atoms with Crippen LogP contribution in [0.5, 0.6) is 0 Å². The van der Waals surface area contributed by atoms with E-state index in [0.29, 0.717) is 32.0 Å². The zero-order valence-corrected chi connectivity index (χ0v) is 17.7. The molecule has 5 heteroatoms. The zero-order valence-electron chi connectivity index (χ0n) is 17.7. The van der Waals surface area contributed by atoms with Crippen molar-refractivity contribution in [2.75, 3.05) is 13.2 Å². The van der Waals surface area contributed by atoms with Crippen LogP contribution in [0.2, 0.25) is 0 Å². The summed E-state index contributed by atoms with van der Waals surface area (Å²) in [6.07, 6.45) is 9.41. The summed E-state index contributed by atoms with van der Waals surface area (Å²) in [6.45, 7) is 8.73. The van der Waals surface area contributed by atoms with Gasteiger partial charge in [0.2, 0.25) is 6.29 Å². The first-order chi connectivity index (χ1) is 12.8. The lowest BCUT2D eigenvalue weighted by molar-refractivity contribution is -0.198. The van der Waals surface area contributed by atoms with Gasteiger partial charge in [-0.1, -0.05) is 26.2 Å². The predicted octanol–water partition coefficient (Wildman–Crippen LogP) is 5.01. The molecule has 0 bridgehead atoms. The topological polar surface area (TPSA) is 61.8 Å². The van der Waals surface area contributed by atoms with Crippen LogP contribution in [0.15, 0.2) is 0 Å². The largest absolute Gasteiger partial charge is 0.465 e. The van der Waals surface area contributed by atoms with Crippen molar-refractivity contribution in [2.24, 2.45) is 16.7 Å². The Morgan fingerprint density at radius 3 is 2.22 bits per heavy atom. The Kier molecular flexibility index (Phi) is 8.14. The number of ether oxygens (including phenoxy) is 3. The molecule has 156 valence electrons. The van der Waals surface area contributed by atoms with E-state index in [0.717, 1.165) is 32.1 Å². The maximum absolute atomic E-state index is 12.8. The maximum atomic E-state index is 12.8. The average Bonchev–Trinajstić information content (AvgIpc) is 2.67. The summed E-state index contributed by atoms with van der Waals surface area (Å²) in [6, 6.07) is 0. The van der Waals surface area contributed by atoms with Crippen molar-refractivity contribution >= 4 is 11.9 Å². The predicted molar refractivity (Wildman–Crippen MR) is 104 cm³/mol. The second-order valence-electron chi connectivity index (χ2n) is 9.28. The van der Waals surface area contributed by atoms with Gasteiger partial charge in [-0.3, -0.25) is 9.59 Å². The lowest BCUT2D eigenvalue weighted by atomic mass is 9.72. The van der Waals surface area contributed by atoms with Crippen LogP contribution in [0.4, 0.5) is 0 Å². The summed E-state index contributed by atoms with van der Waals surface area (Å²) in [5, 5.41) is 0. The van der Waals surface area contributed by atoms with Gasteiger partial charge >= 0.3 is 11.9 Å². The van der Waals surface area contributed by atoms with Crippen molar-refractivity contribution in [3.05, 3.63) is 0 Å². The molecule has 2 unspecified atom stereocenters. The van der Waals surface area contributed by atoms with Crippen LogP contribution in [0.25, 0.3) is 0 Å². The van der Waals surface area contributed by atoms with Gasteiger partial charge in [0.1, 0.15) is 0 Å². The summed E-state index contributed by atoms with van der Waals surface area (Å²) >= 11 is 0. The Labute approximate surface area is 164 Å². The van der Waals surface area contributed by atoms with Gasteiger partial charge in [0, 0.05) is 6.42 Å². The van der Waals surface area contributed by atoms with Gasteiger partial charge in [0.15, 0.2) is 0 Å². The van der Waals surface area contributed by atoms with Crippen LogP contribution in [0.3, 0.4) is 0 Å². The van der Waals surface area contributed by atoms with E-state index in [4.69, 9.17) is 14.2 Å². The fourth-order valence-electron chi connectivity index (χ4n) is 4.19. The molecule has 2 rings (SSSR count). The van der Waals surface area contributed by atoms with Gasteiger partial charge < -0.3 is 14.2 Å². The summed E-state index contributed by atoms with van der Waals surface area (Å²) in [7, 11) is 0. The highest BCUT2D eigenvalue weighted by molar-refractivity contribution is 5.80. The lowest BCUT2D eigenvalue weighted by Gasteiger charge is -2.35. The third kappa shape index (κ3) is 6.48. The van der Waals surface area contributed by atoms with E-state index in [-0.39, 0.29) is 11.9 Å². The lowest BCUT2D eigenvalue weighted by Crippen LogP contribution is -2.40. The van der Waals surface area contributed by atoms with Gasteiger partial charge in [0.05, 0.1) is 24.0 Å². The van der Waals surface area contributed by atoms with Gasteiger partial charge in [-0.25, -0.2) is 0 Å². The Bertz CT molecular complexity index is 489. The highest BCUT2D eigenvalue weighted by atomic mass is 16.7. The summed E-state index contributed by atoms with van der Waals surface area (Å²) in [5.41, 5.74) is -1.46. The number of esters is 2. The third-order valence-corrected chi connectivity index (χ3v) is 6.21. The standard InChI is InChI=1S/C22H38O5/c1-5-22(4,20(24)26-15-17-11-7-6-8-12-17)16-21(2,3)19(23)27-18-13-9-10-14-25-18/h17-18H,5-16H2,1-4H3. The molecule has 27 heavy (non-hydrogen) atoms. The monoisotopic (exact) mass is 382 g/mol. The van der Waals surface area contributed by atoms with Crippen molar-refractivity contribution < 1.29 is 23.8 Å². The molecule has 1 saturated heterocycles. The minimum atomic E-state index is -0.768. The minimum Gasteiger partial charge on any atom is -0.465 e. The van der Waals surface area contributed by atoms with Crippen LogP contribution in [0.1, 0.15) is 91.9 Å². The van der Waals surface area contributed by atoms with E-state index < -0.39 is 17.1 Å². The minimum absolute atomic E-state index is 0.189. The second-order valence-corrected chi connectivity index (χ2v) is 9.28. The fraction of sp³-hybridized carbons (Fsp3) is 0.909. The van der Waals surface area contributed by atoms with Crippen molar-refractivity contribution in [3.8, 4) is 0 Å². The number of carbonyl (C=O) groups excluding carboxylic acids is 2. The first-order valence-electron chi connectivity index (χ1n) is 10.8. The molecule has 0 aromatic heterocycles. The zero-order chi connectivity index (χ0) is 19.9. The number of hydrogen-bond donors (Lipinski definition) is 0. The van der Waals surface area contributed by atoms with Gasteiger partial charge in [-0.15, -0.1) is 0 Å². The molecule has 1 aliphatic heterocycles. The van der Waals surface area contributed by atoms with E-state index in [1.54, 1.807) is 0 Å². The molecule has 5 nitrogen and oxygen atoms in total. The summed E-state index contributed by atoms with van der Waals surface area (Å²) in [5.74, 6) is 0.00440. The van der Waals surface area contributed by atoms with Crippen LogP contribution < -0.4 is 0 Å². The van der Waals surface area contributed by atoms with Gasteiger partial charge in [-0.05, 0) is 65.2 Å². The van der Waals surface area contributed by atoms with Crippen LogP contribution in [0, 0.1) is 16.7 Å².